The van der Waals surface area contributed by atoms with Gasteiger partial charge in [0.25, 0.3) is 0 Å². The molecule has 0 radical (unpaired) electrons. The number of carbonyl (C=O) groups is 2. The Morgan fingerprint density at radius 2 is 0.958 bits per heavy atom. The molecule has 24 heavy (non-hydrogen) atoms. The molecule has 3 rings (SSSR count). The summed E-state index contributed by atoms with van der Waals surface area (Å²) in [6.07, 6.45) is 0. The third-order valence-electron chi connectivity index (χ3n) is 4.85. The Balaban J connectivity index is 2.03. The number of carboxylic acids is 2. The van der Waals surface area contributed by atoms with Gasteiger partial charge in [0.2, 0.25) is 0 Å². The first kappa shape index (κ1) is 16.2. The Labute approximate surface area is 138 Å². The average Bonchev–Trinajstić information content (AvgIpc) is 2.49. The lowest BCUT2D eigenvalue weighted by Crippen LogP contribution is -2.51. The fraction of sp³-hybridized carbons (Fsp3) is 0.222. The van der Waals surface area contributed by atoms with Crippen LogP contribution in [0.15, 0.2) is 48.5 Å². The SMILES string of the molecule is [NH3+]c1ccc(C2C(C(=O)O)C(c3ccc([NH3+])cc3)C2C(=O)O)cc1. The molecule has 8 N–H and O–H groups in total. The lowest BCUT2D eigenvalue weighted by atomic mass is 9.52. The zero-order valence-corrected chi connectivity index (χ0v) is 13.1. The summed E-state index contributed by atoms with van der Waals surface area (Å²) in [4.78, 5) is 23.7. The van der Waals surface area contributed by atoms with Crippen LogP contribution in [0.3, 0.4) is 0 Å². The summed E-state index contributed by atoms with van der Waals surface area (Å²) in [5, 5.41) is 19.4. The number of carboxylic acid groups (broad SMARTS) is 2. The zero-order chi connectivity index (χ0) is 17.4. The Bertz CT molecular complexity index is 695. The summed E-state index contributed by atoms with van der Waals surface area (Å²) in [7, 11) is 0. The molecule has 2 aromatic carbocycles. The molecular formula is C18H20N2O4+2. The monoisotopic (exact) mass is 328 g/mol. The van der Waals surface area contributed by atoms with Gasteiger partial charge in [-0.05, 0) is 35.4 Å². The maximum atomic E-state index is 11.8. The second-order valence-corrected chi connectivity index (χ2v) is 6.26. The van der Waals surface area contributed by atoms with Crippen molar-refractivity contribution in [1.29, 1.82) is 0 Å². The molecule has 1 fully saturated rings. The van der Waals surface area contributed by atoms with Crippen LogP contribution in [0.2, 0.25) is 0 Å². The Morgan fingerprint density at radius 3 is 1.21 bits per heavy atom. The van der Waals surface area contributed by atoms with Crippen molar-refractivity contribution in [1.82, 2.24) is 0 Å². The first-order valence-electron chi connectivity index (χ1n) is 7.69. The summed E-state index contributed by atoms with van der Waals surface area (Å²) < 4.78 is 0. The van der Waals surface area contributed by atoms with Crippen molar-refractivity contribution < 1.29 is 31.3 Å². The second-order valence-electron chi connectivity index (χ2n) is 6.26. The summed E-state index contributed by atoms with van der Waals surface area (Å²) in [5.41, 5.74) is 10.7. The van der Waals surface area contributed by atoms with E-state index in [2.05, 4.69) is 11.5 Å². The average molecular weight is 328 g/mol. The molecule has 1 aliphatic carbocycles. The quantitative estimate of drug-likeness (QED) is 0.658. The molecule has 6 heteroatoms. The smallest absolute Gasteiger partial charge is 0.307 e. The van der Waals surface area contributed by atoms with Crippen molar-refractivity contribution in [2.75, 3.05) is 0 Å². The lowest BCUT2D eigenvalue weighted by Gasteiger charge is -2.48. The topological polar surface area (TPSA) is 130 Å². The van der Waals surface area contributed by atoms with E-state index in [1.165, 1.54) is 0 Å². The number of aliphatic carboxylic acids is 2. The number of quaternary nitrogens is 2. The normalized spacial score (nSPS) is 25.8. The van der Waals surface area contributed by atoms with Crippen LogP contribution in [0.1, 0.15) is 23.0 Å². The Morgan fingerprint density at radius 1 is 0.667 bits per heavy atom. The van der Waals surface area contributed by atoms with Gasteiger partial charge in [-0.1, -0.05) is 24.3 Å². The Kier molecular flexibility index (Phi) is 4.09. The minimum absolute atomic E-state index is 0.551. The standard InChI is InChI=1S/C18H18N2O4/c19-11-5-1-9(2-6-11)13-15(17(21)22)14(16(13)18(23)24)10-3-7-12(20)8-4-10/h1-8,13-16H,19-20H2,(H,21,22)(H,23,24)/p+2. The van der Waals surface area contributed by atoms with Crippen LogP contribution in [0.5, 0.6) is 0 Å². The molecule has 0 atom stereocenters. The highest BCUT2D eigenvalue weighted by Crippen LogP contribution is 2.57. The predicted octanol–water partition coefficient (Wildman–Crippen LogP) is 0.716. The lowest BCUT2D eigenvalue weighted by molar-refractivity contribution is -0.255. The van der Waals surface area contributed by atoms with Crippen LogP contribution >= 0.6 is 0 Å². The first-order chi connectivity index (χ1) is 11.4. The van der Waals surface area contributed by atoms with Crippen LogP contribution in [0, 0.1) is 11.8 Å². The molecule has 0 aliphatic heterocycles. The van der Waals surface area contributed by atoms with Crippen molar-refractivity contribution in [3.8, 4) is 0 Å². The molecule has 0 spiro atoms. The van der Waals surface area contributed by atoms with Gasteiger partial charge in [0.1, 0.15) is 11.4 Å². The van der Waals surface area contributed by atoms with Crippen molar-refractivity contribution in [2.45, 2.75) is 11.8 Å². The Hall–Kier alpha value is -2.70. The van der Waals surface area contributed by atoms with Gasteiger partial charge in [-0.25, -0.2) is 0 Å². The molecule has 0 amide bonds. The fourth-order valence-electron chi connectivity index (χ4n) is 3.67. The first-order valence-corrected chi connectivity index (χ1v) is 7.69. The van der Waals surface area contributed by atoms with Crippen LogP contribution < -0.4 is 11.5 Å². The van der Waals surface area contributed by atoms with Crippen molar-refractivity contribution in [2.24, 2.45) is 11.8 Å². The molecule has 6 nitrogen and oxygen atoms in total. The van der Waals surface area contributed by atoms with E-state index in [1.54, 1.807) is 48.5 Å². The van der Waals surface area contributed by atoms with Gasteiger partial charge in [0.05, 0.1) is 11.8 Å². The molecule has 1 saturated carbocycles. The van der Waals surface area contributed by atoms with E-state index in [-0.39, 0.29) is 0 Å². The van der Waals surface area contributed by atoms with E-state index in [0.717, 1.165) is 22.5 Å². The predicted molar refractivity (Wildman–Crippen MR) is 85.7 cm³/mol. The van der Waals surface area contributed by atoms with Gasteiger partial charge in [-0.2, -0.15) is 0 Å². The fourth-order valence-corrected chi connectivity index (χ4v) is 3.67. The van der Waals surface area contributed by atoms with Crippen molar-refractivity contribution >= 4 is 23.3 Å². The van der Waals surface area contributed by atoms with E-state index in [4.69, 9.17) is 0 Å². The highest BCUT2D eigenvalue weighted by Gasteiger charge is 2.58. The minimum atomic E-state index is -0.972. The molecule has 1 aliphatic rings. The largest absolute Gasteiger partial charge is 0.481 e. The van der Waals surface area contributed by atoms with Gasteiger partial charge in [-0.3, -0.25) is 9.59 Å². The molecule has 0 unspecified atom stereocenters. The summed E-state index contributed by atoms with van der Waals surface area (Å²) in [6.45, 7) is 0. The maximum Gasteiger partial charge on any atom is 0.307 e. The summed E-state index contributed by atoms with van der Waals surface area (Å²) in [5.74, 6) is -4.58. The zero-order valence-electron chi connectivity index (χ0n) is 13.1. The molecule has 0 aromatic heterocycles. The van der Waals surface area contributed by atoms with Crippen LogP contribution in [0.25, 0.3) is 0 Å². The molecule has 0 heterocycles. The number of benzene rings is 2. The summed E-state index contributed by atoms with van der Waals surface area (Å²) in [6, 6.07) is 14.2. The molecule has 124 valence electrons. The van der Waals surface area contributed by atoms with Crippen LogP contribution in [-0.2, 0) is 9.59 Å². The third-order valence-corrected chi connectivity index (χ3v) is 4.85. The van der Waals surface area contributed by atoms with Gasteiger partial charge < -0.3 is 21.7 Å². The van der Waals surface area contributed by atoms with Gasteiger partial charge in [0.15, 0.2) is 0 Å². The van der Waals surface area contributed by atoms with E-state index in [1.807, 2.05) is 0 Å². The van der Waals surface area contributed by atoms with Crippen LogP contribution in [-0.4, -0.2) is 22.2 Å². The van der Waals surface area contributed by atoms with Crippen molar-refractivity contribution in [3.05, 3.63) is 59.7 Å². The van der Waals surface area contributed by atoms with E-state index < -0.39 is 35.6 Å². The van der Waals surface area contributed by atoms with Crippen molar-refractivity contribution in [3.63, 3.8) is 0 Å². The van der Waals surface area contributed by atoms with E-state index in [9.17, 15) is 19.8 Å². The second kappa shape index (κ2) is 6.07. The molecule has 2 aromatic rings. The van der Waals surface area contributed by atoms with Gasteiger partial charge in [-0.15, -0.1) is 0 Å². The van der Waals surface area contributed by atoms with Gasteiger partial charge >= 0.3 is 11.9 Å². The molecule has 0 saturated heterocycles. The van der Waals surface area contributed by atoms with Gasteiger partial charge in [0, 0.05) is 11.8 Å². The highest BCUT2D eigenvalue weighted by atomic mass is 16.4. The third kappa shape index (κ3) is 2.66. The molecular weight excluding hydrogens is 308 g/mol. The summed E-state index contributed by atoms with van der Waals surface area (Å²) >= 11 is 0. The molecule has 0 bridgehead atoms. The minimum Gasteiger partial charge on any atom is -0.481 e. The number of hydrogen-bond donors (Lipinski definition) is 4. The number of hydrogen-bond acceptors (Lipinski definition) is 2. The van der Waals surface area contributed by atoms with E-state index >= 15 is 0 Å². The maximum absolute atomic E-state index is 11.8. The van der Waals surface area contributed by atoms with E-state index in [0.29, 0.717) is 0 Å². The van der Waals surface area contributed by atoms with Crippen LogP contribution in [0.4, 0.5) is 11.4 Å². The number of rotatable bonds is 4. The highest BCUT2D eigenvalue weighted by molar-refractivity contribution is 5.83.